The van der Waals surface area contributed by atoms with E-state index in [-0.39, 0.29) is 31.4 Å². The number of hydrogen-bond acceptors (Lipinski definition) is 5. The number of benzene rings is 1. The van der Waals surface area contributed by atoms with Crippen LogP contribution in [-0.4, -0.2) is 68.4 Å². The number of rotatable bonds is 5. The maximum Gasteiger partial charge on any atom is 0.263 e. The van der Waals surface area contributed by atoms with E-state index < -0.39 is 15.8 Å². The first-order chi connectivity index (χ1) is 11.3. The lowest BCUT2D eigenvalue weighted by atomic mass is 10.2. The quantitative estimate of drug-likeness (QED) is 0.437. The van der Waals surface area contributed by atoms with Crippen LogP contribution < -0.4 is 5.73 Å². The number of nitrogens with two attached hydrogens (primary N) is 1. The number of halogens is 1. The molecule has 0 saturated carbocycles. The fourth-order valence-corrected chi connectivity index (χ4v) is 3.02. The number of piperazine rings is 1. The summed E-state index contributed by atoms with van der Waals surface area (Å²) >= 11 is 0. The van der Waals surface area contributed by atoms with Crippen molar-refractivity contribution in [3.05, 3.63) is 35.6 Å². The Morgan fingerprint density at radius 2 is 1.83 bits per heavy atom. The summed E-state index contributed by atoms with van der Waals surface area (Å²) in [5, 5.41) is 3.63. The number of nitrogens with zero attached hydrogens (tertiary/aromatic N) is 3. The molecule has 1 aliphatic rings. The van der Waals surface area contributed by atoms with Crippen molar-refractivity contribution >= 4 is 21.8 Å². The third kappa shape index (κ3) is 4.90. The molecule has 1 aliphatic heterocycles. The molecule has 1 saturated heterocycles. The summed E-state index contributed by atoms with van der Waals surface area (Å²) in [5.41, 5.74) is 6.16. The molecule has 1 aromatic carbocycles. The Hall–Kier alpha value is -2.20. The molecule has 0 aromatic heterocycles. The number of sulfonamides is 1. The highest BCUT2D eigenvalue weighted by molar-refractivity contribution is 7.88. The lowest BCUT2D eigenvalue weighted by Gasteiger charge is -2.32. The summed E-state index contributed by atoms with van der Waals surface area (Å²) in [6.07, 6.45) is 1.14. The van der Waals surface area contributed by atoms with Crippen LogP contribution in [0.4, 0.5) is 4.39 Å². The van der Waals surface area contributed by atoms with E-state index in [2.05, 4.69) is 5.16 Å². The molecular formula is C14H19FN4O4S. The highest BCUT2D eigenvalue weighted by atomic mass is 32.2. The van der Waals surface area contributed by atoms with Gasteiger partial charge in [0.2, 0.25) is 10.0 Å². The minimum Gasteiger partial charge on any atom is -0.384 e. The monoisotopic (exact) mass is 358 g/mol. The van der Waals surface area contributed by atoms with E-state index in [1.54, 1.807) is 0 Å². The van der Waals surface area contributed by atoms with Crippen molar-refractivity contribution in [3.63, 3.8) is 0 Å². The van der Waals surface area contributed by atoms with Gasteiger partial charge in [-0.2, -0.15) is 4.31 Å². The lowest BCUT2D eigenvalue weighted by Crippen LogP contribution is -2.51. The van der Waals surface area contributed by atoms with Crippen molar-refractivity contribution in [3.8, 4) is 0 Å². The van der Waals surface area contributed by atoms with Crippen molar-refractivity contribution in [2.75, 3.05) is 39.0 Å². The third-order valence-corrected chi connectivity index (χ3v) is 4.85. The molecule has 0 radical (unpaired) electrons. The van der Waals surface area contributed by atoms with Crippen molar-refractivity contribution in [1.29, 1.82) is 0 Å². The average Bonchev–Trinajstić information content (AvgIpc) is 2.54. The largest absolute Gasteiger partial charge is 0.384 e. The van der Waals surface area contributed by atoms with Gasteiger partial charge in [-0.1, -0.05) is 5.16 Å². The fourth-order valence-electron chi connectivity index (χ4n) is 2.19. The summed E-state index contributed by atoms with van der Waals surface area (Å²) < 4.78 is 37.0. The molecule has 8 nitrogen and oxygen atoms in total. The topological polar surface area (TPSA) is 105 Å². The first-order valence-electron chi connectivity index (χ1n) is 7.21. The zero-order valence-corrected chi connectivity index (χ0v) is 14.0. The van der Waals surface area contributed by atoms with Crippen LogP contribution in [0.1, 0.15) is 5.56 Å². The Morgan fingerprint density at radius 1 is 1.25 bits per heavy atom. The van der Waals surface area contributed by atoms with Gasteiger partial charge in [0.1, 0.15) is 5.82 Å². The molecule has 0 spiro atoms. The summed E-state index contributed by atoms with van der Waals surface area (Å²) in [6.45, 7) is 0.802. The zero-order valence-electron chi connectivity index (χ0n) is 13.2. The standard InChI is InChI=1S/C14H19FN4O4S/c1-24(21,22)19-8-6-18(7-9-19)13(20)10-23-17-14(16)11-2-4-12(15)5-3-11/h2-5H,6-10H2,1H3,(H2,16,17). The molecule has 0 bridgehead atoms. The zero-order chi connectivity index (χ0) is 17.7. The summed E-state index contributed by atoms with van der Waals surface area (Å²) in [7, 11) is -3.24. The van der Waals surface area contributed by atoms with E-state index in [1.165, 1.54) is 33.5 Å². The second-order valence-electron chi connectivity index (χ2n) is 5.30. The van der Waals surface area contributed by atoms with Gasteiger partial charge >= 0.3 is 0 Å². The SMILES string of the molecule is CS(=O)(=O)N1CCN(C(=O)CO/N=C(/N)c2ccc(F)cc2)CC1. The van der Waals surface area contributed by atoms with Crippen LogP contribution in [0.2, 0.25) is 0 Å². The van der Waals surface area contributed by atoms with E-state index in [4.69, 9.17) is 10.6 Å². The molecule has 0 atom stereocenters. The van der Waals surface area contributed by atoms with Crippen molar-refractivity contribution in [2.45, 2.75) is 0 Å². The molecular weight excluding hydrogens is 339 g/mol. The number of amidine groups is 1. The summed E-state index contributed by atoms with van der Waals surface area (Å²) in [4.78, 5) is 18.4. The minimum atomic E-state index is -3.24. The smallest absolute Gasteiger partial charge is 0.263 e. The van der Waals surface area contributed by atoms with Gasteiger partial charge in [0, 0.05) is 31.7 Å². The van der Waals surface area contributed by atoms with Gasteiger partial charge in [-0.25, -0.2) is 12.8 Å². The Balaban J connectivity index is 1.81. The maximum absolute atomic E-state index is 12.8. The van der Waals surface area contributed by atoms with Gasteiger partial charge in [0.25, 0.3) is 5.91 Å². The van der Waals surface area contributed by atoms with E-state index in [0.29, 0.717) is 18.7 Å². The normalized spacial score (nSPS) is 16.9. The van der Waals surface area contributed by atoms with Crippen LogP contribution in [0.25, 0.3) is 0 Å². The van der Waals surface area contributed by atoms with Gasteiger partial charge in [0.05, 0.1) is 6.26 Å². The Kier molecular flexibility index (Phi) is 5.73. The van der Waals surface area contributed by atoms with Crippen LogP contribution in [0, 0.1) is 5.82 Å². The second-order valence-corrected chi connectivity index (χ2v) is 7.28. The van der Waals surface area contributed by atoms with Crippen LogP contribution in [0.3, 0.4) is 0 Å². The molecule has 1 fully saturated rings. The van der Waals surface area contributed by atoms with Crippen molar-refractivity contribution in [1.82, 2.24) is 9.21 Å². The van der Waals surface area contributed by atoms with Gasteiger partial charge in [0.15, 0.2) is 12.4 Å². The lowest BCUT2D eigenvalue weighted by molar-refractivity contribution is -0.137. The highest BCUT2D eigenvalue weighted by Gasteiger charge is 2.26. The number of carbonyl (C=O) groups excluding carboxylic acids is 1. The first-order valence-corrected chi connectivity index (χ1v) is 9.06. The van der Waals surface area contributed by atoms with Crippen molar-refractivity contribution < 1.29 is 22.4 Å². The number of oxime groups is 1. The van der Waals surface area contributed by atoms with E-state index in [1.807, 2.05) is 0 Å². The predicted octanol–water partition coefficient (Wildman–Crippen LogP) is -0.434. The van der Waals surface area contributed by atoms with E-state index >= 15 is 0 Å². The molecule has 2 rings (SSSR count). The minimum absolute atomic E-state index is 0.0321. The van der Waals surface area contributed by atoms with E-state index in [9.17, 15) is 17.6 Å². The van der Waals surface area contributed by atoms with Gasteiger partial charge in [-0.15, -0.1) is 0 Å². The molecule has 1 aromatic rings. The molecule has 2 N–H and O–H groups in total. The third-order valence-electron chi connectivity index (χ3n) is 3.55. The second kappa shape index (κ2) is 7.58. The van der Waals surface area contributed by atoms with E-state index in [0.717, 1.165) is 6.26 Å². The summed E-state index contributed by atoms with van der Waals surface area (Å²) in [6, 6.07) is 5.38. The maximum atomic E-state index is 12.8. The van der Waals surface area contributed by atoms with Gasteiger partial charge in [-0.3, -0.25) is 4.79 Å². The molecule has 1 heterocycles. The van der Waals surface area contributed by atoms with Crippen LogP contribution in [0.15, 0.2) is 29.4 Å². The van der Waals surface area contributed by atoms with Crippen LogP contribution in [-0.2, 0) is 19.7 Å². The van der Waals surface area contributed by atoms with Crippen LogP contribution >= 0.6 is 0 Å². The Bertz CT molecular complexity index is 713. The van der Waals surface area contributed by atoms with Gasteiger partial charge in [-0.05, 0) is 24.3 Å². The summed E-state index contributed by atoms with van der Waals surface area (Å²) in [5.74, 6) is -0.667. The Morgan fingerprint density at radius 3 is 2.38 bits per heavy atom. The Labute approximate surface area is 139 Å². The first kappa shape index (κ1) is 18.1. The van der Waals surface area contributed by atoms with Crippen LogP contribution in [0.5, 0.6) is 0 Å². The molecule has 1 amide bonds. The average molecular weight is 358 g/mol. The number of hydrogen-bond donors (Lipinski definition) is 1. The molecule has 24 heavy (non-hydrogen) atoms. The molecule has 0 unspecified atom stereocenters. The van der Waals surface area contributed by atoms with Gasteiger partial charge < -0.3 is 15.5 Å². The fraction of sp³-hybridized carbons (Fsp3) is 0.429. The van der Waals surface area contributed by atoms with Crippen molar-refractivity contribution in [2.24, 2.45) is 10.9 Å². The molecule has 0 aliphatic carbocycles. The highest BCUT2D eigenvalue weighted by Crippen LogP contribution is 2.07. The number of amides is 1. The molecule has 132 valence electrons. The number of carbonyl (C=O) groups is 1. The predicted molar refractivity (Wildman–Crippen MR) is 86.1 cm³/mol. The molecule has 10 heteroatoms.